The molecule has 7 nitrogen and oxygen atoms in total. The molecule has 0 unspecified atom stereocenters. The number of terminal acetylenes is 1. The highest BCUT2D eigenvalue weighted by Crippen LogP contribution is 2.35. The van der Waals surface area contributed by atoms with E-state index in [0.717, 1.165) is 22.9 Å². The topological polar surface area (TPSA) is 111 Å². The number of benzene rings is 3. The molecule has 3 aromatic carbocycles. The molecule has 0 atom stereocenters. The Kier molecular flexibility index (Phi) is 5.33. The van der Waals surface area contributed by atoms with Gasteiger partial charge in [-0.3, -0.25) is 4.79 Å². The van der Waals surface area contributed by atoms with Crippen LogP contribution in [0.25, 0.3) is 10.8 Å². The van der Waals surface area contributed by atoms with E-state index in [-0.39, 0.29) is 12.2 Å². The van der Waals surface area contributed by atoms with Crippen LogP contribution in [0.3, 0.4) is 0 Å². The van der Waals surface area contributed by atoms with Gasteiger partial charge < -0.3 is 20.1 Å². The second-order valence-electron chi connectivity index (χ2n) is 5.75. The van der Waals surface area contributed by atoms with E-state index in [1.54, 1.807) is 6.07 Å². The van der Waals surface area contributed by atoms with Gasteiger partial charge in [0.25, 0.3) is 5.91 Å². The molecule has 0 aromatic heterocycles. The van der Waals surface area contributed by atoms with Gasteiger partial charge in [0.1, 0.15) is 12.4 Å². The van der Waals surface area contributed by atoms with Gasteiger partial charge >= 0.3 is 0 Å². The normalized spacial score (nSPS) is 10.7. The maximum atomic E-state index is 12.2. The van der Waals surface area contributed by atoms with Crippen LogP contribution in [0.15, 0.2) is 53.6 Å². The van der Waals surface area contributed by atoms with E-state index >= 15 is 0 Å². The molecule has 28 heavy (non-hydrogen) atoms. The van der Waals surface area contributed by atoms with Crippen LogP contribution < -0.4 is 10.2 Å². The van der Waals surface area contributed by atoms with Crippen LogP contribution >= 0.6 is 0 Å². The van der Waals surface area contributed by atoms with Gasteiger partial charge in [-0.2, -0.15) is 5.10 Å². The summed E-state index contributed by atoms with van der Waals surface area (Å²) in [5.41, 5.74) is 2.85. The number of hydrogen-bond donors (Lipinski definition) is 4. The number of phenolic OH excluding ortho intramolecular Hbond substituents is 3. The molecule has 0 aliphatic carbocycles. The van der Waals surface area contributed by atoms with Gasteiger partial charge in [0.15, 0.2) is 17.2 Å². The summed E-state index contributed by atoms with van der Waals surface area (Å²) in [6.45, 7) is 0.0810. The quantitative estimate of drug-likeness (QED) is 0.237. The van der Waals surface area contributed by atoms with Gasteiger partial charge in [-0.25, -0.2) is 5.43 Å². The highest BCUT2D eigenvalue weighted by atomic mass is 16.5. The van der Waals surface area contributed by atoms with E-state index in [0.29, 0.717) is 11.3 Å². The van der Waals surface area contributed by atoms with E-state index in [1.807, 2.05) is 30.3 Å². The average Bonchev–Trinajstić information content (AvgIpc) is 2.70. The first-order valence-corrected chi connectivity index (χ1v) is 8.17. The molecule has 0 spiro atoms. The summed E-state index contributed by atoms with van der Waals surface area (Å²) in [6.07, 6.45) is 6.68. The van der Waals surface area contributed by atoms with E-state index in [1.165, 1.54) is 6.21 Å². The molecule has 1 amide bonds. The van der Waals surface area contributed by atoms with Crippen molar-refractivity contribution in [2.24, 2.45) is 5.10 Å². The number of hydrogen-bond acceptors (Lipinski definition) is 6. The lowest BCUT2D eigenvalue weighted by Gasteiger charge is -2.10. The maximum Gasteiger partial charge on any atom is 0.271 e. The largest absolute Gasteiger partial charge is 0.504 e. The minimum atomic E-state index is -0.703. The molecular formula is C21H16N2O5. The van der Waals surface area contributed by atoms with Crippen LogP contribution in [-0.2, 0) is 0 Å². The van der Waals surface area contributed by atoms with Crippen molar-refractivity contribution in [1.29, 1.82) is 0 Å². The number of carbonyl (C=O) groups excluding carboxylic acids is 1. The third kappa shape index (κ3) is 3.81. The smallest absolute Gasteiger partial charge is 0.271 e. The van der Waals surface area contributed by atoms with Crippen molar-refractivity contribution < 1.29 is 24.9 Å². The third-order valence-electron chi connectivity index (χ3n) is 3.93. The third-order valence-corrected chi connectivity index (χ3v) is 3.93. The predicted molar refractivity (Wildman–Crippen MR) is 105 cm³/mol. The fraction of sp³-hybridized carbons (Fsp3) is 0.0476. The Labute approximate surface area is 160 Å². The van der Waals surface area contributed by atoms with Crippen molar-refractivity contribution in [3.8, 4) is 35.3 Å². The second kappa shape index (κ2) is 8.01. The number of rotatable bonds is 5. The van der Waals surface area contributed by atoms with Crippen LogP contribution in [0, 0.1) is 12.3 Å². The van der Waals surface area contributed by atoms with Gasteiger partial charge in [0.05, 0.1) is 6.21 Å². The van der Waals surface area contributed by atoms with E-state index in [4.69, 9.17) is 11.2 Å². The first-order valence-electron chi connectivity index (χ1n) is 8.17. The standard InChI is InChI=1S/C21H16N2O5/c1-2-9-28-19-8-7-13-5-3-4-6-15(13)16(19)12-22-23-21(27)14-10-17(24)20(26)18(25)11-14/h1,3-8,10-12,24-26H,9H2,(H,23,27)/b22-12+. The summed E-state index contributed by atoms with van der Waals surface area (Å²) in [6, 6.07) is 13.3. The van der Waals surface area contributed by atoms with Gasteiger partial charge in [-0.05, 0) is 29.0 Å². The highest BCUT2D eigenvalue weighted by Gasteiger charge is 2.13. The number of ether oxygens (including phenoxy) is 1. The van der Waals surface area contributed by atoms with Crippen LogP contribution in [0.5, 0.6) is 23.0 Å². The van der Waals surface area contributed by atoms with Crippen molar-refractivity contribution in [2.45, 2.75) is 0 Å². The molecular weight excluding hydrogens is 360 g/mol. The number of aromatic hydroxyl groups is 3. The zero-order valence-electron chi connectivity index (χ0n) is 14.6. The number of fused-ring (bicyclic) bond motifs is 1. The Bertz CT molecular complexity index is 1090. The minimum absolute atomic E-state index is 0.0772. The molecule has 0 bridgehead atoms. The minimum Gasteiger partial charge on any atom is -0.504 e. The SMILES string of the molecule is C#CCOc1ccc2ccccc2c1/C=N/NC(=O)c1cc(O)c(O)c(O)c1. The molecule has 0 fully saturated rings. The van der Waals surface area contributed by atoms with Crippen LogP contribution in [0.4, 0.5) is 0 Å². The van der Waals surface area contributed by atoms with Crippen molar-refractivity contribution in [1.82, 2.24) is 5.43 Å². The number of carbonyl (C=O) groups is 1. The van der Waals surface area contributed by atoms with E-state index in [9.17, 15) is 20.1 Å². The Hall–Kier alpha value is -4.18. The lowest BCUT2D eigenvalue weighted by molar-refractivity contribution is 0.0954. The monoisotopic (exact) mass is 376 g/mol. The molecule has 0 saturated carbocycles. The van der Waals surface area contributed by atoms with Crippen LogP contribution in [-0.4, -0.2) is 34.0 Å². The number of nitrogens with one attached hydrogen (secondary N) is 1. The Morgan fingerprint density at radius 3 is 2.57 bits per heavy atom. The highest BCUT2D eigenvalue weighted by molar-refractivity contribution is 6.03. The van der Waals surface area contributed by atoms with Gasteiger partial charge in [0.2, 0.25) is 0 Å². The first kappa shape index (κ1) is 18.6. The summed E-state index contributed by atoms with van der Waals surface area (Å²) >= 11 is 0. The molecule has 0 aliphatic rings. The molecule has 7 heteroatoms. The first-order chi connectivity index (χ1) is 13.5. The average molecular weight is 376 g/mol. The fourth-order valence-electron chi connectivity index (χ4n) is 2.61. The number of nitrogens with zero attached hydrogens (tertiary/aromatic N) is 1. The van der Waals surface area contributed by atoms with Gasteiger partial charge in [-0.1, -0.05) is 36.3 Å². The molecule has 0 aliphatic heterocycles. The second-order valence-corrected chi connectivity index (χ2v) is 5.75. The van der Waals surface area contributed by atoms with Crippen LogP contribution in [0.2, 0.25) is 0 Å². The van der Waals surface area contributed by atoms with Crippen molar-refractivity contribution in [3.63, 3.8) is 0 Å². The zero-order valence-corrected chi connectivity index (χ0v) is 14.6. The number of hydrazone groups is 1. The van der Waals surface area contributed by atoms with E-state index in [2.05, 4.69) is 16.4 Å². The Morgan fingerprint density at radius 1 is 1.14 bits per heavy atom. The fourth-order valence-corrected chi connectivity index (χ4v) is 2.61. The molecule has 0 saturated heterocycles. The summed E-state index contributed by atoms with van der Waals surface area (Å²) in [7, 11) is 0. The lowest BCUT2D eigenvalue weighted by Crippen LogP contribution is -2.17. The Morgan fingerprint density at radius 2 is 1.86 bits per heavy atom. The molecule has 140 valence electrons. The van der Waals surface area contributed by atoms with E-state index < -0.39 is 23.2 Å². The molecule has 3 rings (SSSR count). The molecule has 0 heterocycles. The molecule has 3 aromatic rings. The molecule has 0 radical (unpaired) electrons. The van der Waals surface area contributed by atoms with Crippen molar-refractivity contribution >= 4 is 22.9 Å². The summed E-state index contributed by atoms with van der Waals surface area (Å²) in [4.78, 5) is 12.2. The van der Waals surface area contributed by atoms with Crippen LogP contribution in [0.1, 0.15) is 15.9 Å². The van der Waals surface area contributed by atoms with Gasteiger partial charge in [-0.15, -0.1) is 6.42 Å². The van der Waals surface area contributed by atoms with Gasteiger partial charge in [0, 0.05) is 11.1 Å². The molecule has 4 N–H and O–H groups in total. The Balaban J connectivity index is 1.88. The zero-order chi connectivity index (χ0) is 20.1. The summed E-state index contributed by atoms with van der Waals surface area (Å²) < 4.78 is 5.55. The number of amides is 1. The summed E-state index contributed by atoms with van der Waals surface area (Å²) in [5, 5.41) is 34.1. The predicted octanol–water partition coefficient (Wildman–Crippen LogP) is 2.73. The van der Waals surface area contributed by atoms with Crippen molar-refractivity contribution in [2.75, 3.05) is 6.61 Å². The van der Waals surface area contributed by atoms with Crippen molar-refractivity contribution in [3.05, 3.63) is 59.7 Å². The maximum absolute atomic E-state index is 12.2. The lowest BCUT2D eigenvalue weighted by atomic mass is 10.0. The number of phenols is 3. The summed E-state index contributed by atoms with van der Waals surface area (Å²) in [5.74, 6) is 0.283.